The first-order valence-electron chi connectivity index (χ1n) is 7.24. The lowest BCUT2D eigenvalue weighted by atomic mass is 9.82. The summed E-state index contributed by atoms with van der Waals surface area (Å²) in [5.74, 6) is 0.637. The maximum Gasteiger partial charge on any atom is 0.201 e. The third kappa shape index (κ3) is 2.16. The van der Waals surface area contributed by atoms with Gasteiger partial charge < -0.3 is 10.3 Å². The number of fused-ring (bicyclic) bond motifs is 1. The van der Waals surface area contributed by atoms with E-state index in [0.29, 0.717) is 23.4 Å². The Bertz CT molecular complexity index is 638. The molecule has 1 aromatic heterocycles. The minimum atomic E-state index is -0.413. The van der Waals surface area contributed by atoms with E-state index in [1.807, 2.05) is 4.57 Å². The third-order valence-corrected chi connectivity index (χ3v) is 4.77. The fraction of sp³-hybridized carbons (Fsp3) is 0.533. The predicted molar refractivity (Wildman–Crippen MR) is 80.4 cm³/mol. The Morgan fingerprint density at radius 1 is 1.40 bits per heavy atom. The smallest absolute Gasteiger partial charge is 0.201 e. The highest BCUT2D eigenvalue weighted by atomic mass is 35.5. The summed E-state index contributed by atoms with van der Waals surface area (Å²) >= 11 is 5.83. The van der Waals surface area contributed by atoms with Gasteiger partial charge in [-0.25, -0.2) is 9.37 Å². The summed E-state index contributed by atoms with van der Waals surface area (Å²) in [6.07, 6.45) is 5.85. The van der Waals surface area contributed by atoms with Crippen molar-refractivity contribution in [2.24, 2.45) is 5.92 Å². The van der Waals surface area contributed by atoms with Crippen LogP contribution < -0.4 is 5.73 Å². The van der Waals surface area contributed by atoms with Crippen LogP contribution in [0.15, 0.2) is 12.1 Å². The molecule has 1 heterocycles. The Morgan fingerprint density at radius 2 is 2.15 bits per heavy atom. The molecule has 5 heteroatoms. The van der Waals surface area contributed by atoms with Gasteiger partial charge in [-0.1, -0.05) is 37.8 Å². The molecule has 2 atom stereocenters. The fourth-order valence-electron chi connectivity index (χ4n) is 3.46. The first-order chi connectivity index (χ1) is 9.61. The summed E-state index contributed by atoms with van der Waals surface area (Å²) in [4.78, 5) is 4.35. The van der Waals surface area contributed by atoms with Gasteiger partial charge in [-0.3, -0.25) is 0 Å². The molecule has 0 spiro atoms. The molecule has 0 aliphatic heterocycles. The molecule has 2 N–H and O–H groups in total. The van der Waals surface area contributed by atoms with Crippen LogP contribution in [0.1, 0.15) is 45.1 Å². The zero-order valence-corrected chi connectivity index (χ0v) is 12.3. The highest BCUT2D eigenvalue weighted by Gasteiger charge is 2.28. The molecule has 3 rings (SSSR count). The first kappa shape index (κ1) is 13.7. The van der Waals surface area contributed by atoms with Crippen molar-refractivity contribution in [2.75, 3.05) is 5.73 Å². The Morgan fingerprint density at radius 3 is 2.90 bits per heavy atom. The number of aromatic nitrogens is 2. The standard InChI is InChI=1S/C15H19ClFN3/c1-2-9-5-3-4-6-13(9)20-14-8-11(17)10(16)7-12(14)19-15(20)18/h7-9,13H,2-6H2,1H3,(H2,18,19). The maximum atomic E-state index is 13.8. The number of rotatable bonds is 2. The summed E-state index contributed by atoms with van der Waals surface area (Å²) in [5.41, 5.74) is 7.52. The molecule has 2 aromatic rings. The summed E-state index contributed by atoms with van der Waals surface area (Å²) in [6.45, 7) is 2.20. The summed E-state index contributed by atoms with van der Waals surface area (Å²) < 4.78 is 15.8. The zero-order chi connectivity index (χ0) is 14.3. The fourth-order valence-corrected chi connectivity index (χ4v) is 3.62. The van der Waals surface area contributed by atoms with E-state index in [4.69, 9.17) is 17.3 Å². The van der Waals surface area contributed by atoms with Gasteiger partial charge in [-0.15, -0.1) is 0 Å². The van der Waals surface area contributed by atoms with Crippen molar-refractivity contribution in [2.45, 2.75) is 45.1 Å². The Balaban J connectivity index is 2.14. The lowest BCUT2D eigenvalue weighted by Crippen LogP contribution is -2.24. The van der Waals surface area contributed by atoms with E-state index in [2.05, 4.69) is 11.9 Å². The van der Waals surface area contributed by atoms with Crippen LogP contribution in [0.5, 0.6) is 0 Å². The quantitative estimate of drug-likeness (QED) is 0.883. The van der Waals surface area contributed by atoms with E-state index in [9.17, 15) is 4.39 Å². The molecular weight excluding hydrogens is 277 g/mol. The monoisotopic (exact) mass is 295 g/mol. The Labute approximate surface area is 122 Å². The summed E-state index contributed by atoms with van der Waals surface area (Å²) in [7, 11) is 0. The van der Waals surface area contributed by atoms with Crippen LogP contribution in [0.4, 0.5) is 10.3 Å². The molecule has 0 saturated heterocycles. The van der Waals surface area contributed by atoms with E-state index in [1.54, 1.807) is 6.07 Å². The van der Waals surface area contributed by atoms with Gasteiger partial charge in [0.15, 0.2) is 0 Å². The summed E-state index contributed by atoms with van der Waals surface area (Å²) in [6, 6.07) is 3.34. The molecule has 0 amide bonds. The van der Waals surface area contributed by atoms with Gasteiger partial charge >= 0.3 is 0 Å². The second kappa shape index (κ2) is 5.24. The number of halogens is 2. The van der Waals surface area contributed by atoms with Crippen molar-refractivity contribution in [3.63, 3.8) is 0 Å². The van der Waals surface area contributed by atoms with Gasteiger partial charge in [0.1, 0.15) is 5.82 Å². The number of nitrogen functional groups attached to an aromatic ring is 1. The van der Waals surface area contributed by atoms with Gasteiger partial charge in [0.2, 0.25) is 5.95 Å². The molecule has 20 heavy (non-hydrogen) atoms. The van der Waals surface area contributed by atoms with Gasteiger partial charge in [0.05, 0.1) is 16.1 Å². The zero-order valence-electron chi connectivity index (χ0n) is 11.6. The molecule has 2 unspecified atom stereocenters. The van der Waals surface area contributed by atoms with Crippen molar-refractivity contribution >= 4 is 28.6 Å². The number of nitrogens with two attached hydrogens (primary N) is 1. The number of imidazole rings is 1. The lowest BCUT2D eigenvalue weighted by molar-refractivity contribution is 0.239. The Kier molecular flexibility index (Phi) is 3.59. The van der Waals surface area contributed by atoms with Crippen LogP contribution in [0.2, 0.25) is 5.02 Å². The van der Waals surface area contributed by atoms with Gasteiger partial charge in [0, 0.05) is 12.1 Å². The van der Waals surface area contributed by atoms with Crippen molar-refractivity contribution < 1.29 is 4.39 Å². The van der Waals surface area contributed by atoms with Crippen molar-refractivity contribution in [1.29, 1.82) is 0 Å². The number of nitrogens with zero attached hydrogens (tertiary/aromatic N) is 2. The number of hydrogen-bond acceptors (Lipinski definition) is 2. The van der Waals surface area contributed by atoms with E-state index < -0.39 is 5.82 Å². The molecule has 1 fully saturated rings. The third-order valence-electron chi connectivity index (χ3n) is 4.48. The van der Waals surface area contributed by atoms with Crippen molar-refractivity contribution in [1.82, 2.24) is 9.55 Å². The minimum Gasteiger partial charge on any atom is -0.369 e. The number of benzene rings is 1. The van der Waals surface area contributed by atoms with Crippen LogP contribution in [0.25, 0.3) is 11.0 Å². The topological polar surface area (TPSA) is 43.8 Å². The first-order valence-corrected chi connectivity index (χ1v) is 7.62. The molecule has 1 aliphatic rings. The normalized spacial score (nSPS) is 23.4. The van der Waals surface area contributed by atoms with Gasteiger partial charge in [0.25, 0.3) is 0 Å². The van der Waals surface area contributed by atoms with Gasteiger partial charge in [-0.2, -0.15) is 0 Å². The Hall–Kier alpha value is -1.29. The van der Waals surface area contributed by atoms with Crippen molar-refractivity contribution in [3.05, 3.63) is 23.0 Å². The average Bonchev–Trinajstić information content (AvgIpc) is 2.74. The van der Waals surface area contributed by atoms with Crippen LogP contribution >= 0.6 is 11.6 Å². The van der Waals surface area contributed by atoms with Crippen LogP contribution in [0, 0.1) is 11.7 Å². The van der Waals surface area contributed by atoms with Gasteiger partial charge in [-0.05, 0) is 24.8 Å². The second-order valence-electron chi connectivity index (χ2n) is 5.62. The van der Waals surface area contributed by atoms with E-state index in [1.165, 1.54) is 25.3 Å². The van der Waals surface area contributed by atoms with Crippen LogP contribution in [-0.4, -0.2) is 9.55 Å². The predicted octanol–water partition coefficient (Wildman–Crippen LogP) is 4.55. The van der Waals surface area contributed by atoms with E-state index in [0.717, 1.165) is 18.4 Å². The second-order valence-corrected chi connectivity index (χ2v) is 6.02. The highest BCUT2D eigenvalue weighted by Crippen LogP contribution is 2.39. The summed E-state index contributed by atoms with van der Waals surface area (Å²) in [5, 5.41) is 0.0952. The highest BCUT2D eigenvalue weighted by molar-refractivity contribution is 6.31. The molecule has 0 radical (unpaired) electrons. The SMILES string of the molecule is CCC1CCCCC1n1c(N)nc2cc(Cl)c(F)cc21. The van der Waals surface area contributed by atoms with Crippen LogP contribution in [-0.2, 0) is 0 Å². The molecule has 3 nitrogen and oxygen atoms in total. The molecule has 1 aliphatic carbocycles. The average molecular weight is 296 g/mol. The maximum absolute atomic E-state index is 13.8. The lowest BCUT2D eigenvalue weighted by Gasteiger charge is -2.32. The van der Waals surface area contributed by atoms with E-state index in [-0.39, 0.29) is 5.02 Å². The molecule has 1 saturated carbocycles. The molecule has 0 bridgehead atoms. The van der Waals surface area contributed by atoms with E-state index >= 15 is 0 Å². The van der Waals surface area contributed by atoms with Crippen molar-refractivity contribution in [3.8, 4) is 0 Å². The van der Waals surface area contributed by atoms with Crippen LogP contribution in [0.3, 0.4) is 0 Å². The molecule has 1 aromatic carbocycles. The molecule has 108 valence electrons. The molecular formula is C15H19ClFN3. The minimum absolute atomic E-state index is 0.0952. The largest absolute Gasteiger partial charge is 0.369 e. The number of anilines is 1. The number of hydrogen-bond donors (Lipinski definition) is 1.